The standard InChI is InChI=1S/C19H20ClN3O2/c1-23(13-8-14-6-11-21-12-7-14)18(25)19(9-10-19)17(24)22-16-5-3-2-4-15(16)20/h2-7,11-12H,8-10,13H2,1H3,(H,22,24). The second-order valence-electron chi connectivity index (χ2n) is 6.35. The summed E-state index contributed by atoms with van der Waals surface area (Å²) in [5.41, 5.74) is 0.694. The van der Waals surface area contributed by atoms with E-state index in [2.05, 4.69) is 10.3 Å². The Morgan fingerprint density at radius 1 is 1.20 bits per heavy atom. The molecule has 2 aromatic rings. The van der Waals surface area contributed by atoms with Crippen molar-refractivity contribution in [3.05, 3.63) is 59.4 Å². The molecule has 1 aromatic carbocycles. The second kappa shape index (κ2) is 7.23. The number of hydrogen-bond donors (Lipinski definition) is 1. The normalized spacial score (nSPS) is 14.6. The molecule has 1 aromatic heterocycles. The topological polar surface area (TPSA) is 62.3 Å². The predicted octanol–water partition coefficient (Wildman–Crippen LogP) is 3.15. The van der Waals surface area contributed by atoms with Crippen LogP contribution in [0.3, 0.4) is 0 Å². The monoisotopic (exact) mass is 357 g/mol. The van der Waals surface area contributed by atoms with Crippen molar-refractivity contribution in [1.82, 2.24) is 9.88 Å². The summed E-state index contributed by atoms with van der Waals surface area (Å²) in [5, 5.41) is 3.26. The summed E-state index contributed by atoms with van der Waals surface area (Å²) < 4.78 is 0. The number of para-hydroxylation sites is 1. The Morgan fingerprint density at radius 3 is 2.52 bits per heavy atom. The van der Waals surface area contributed by atoms with Crippen LogP contribution in [-0.2, 0) is 16.0 Å². The fourth-order valence-electron chi connectivity index (χ4n) is 2.78. The summed E-state index contributed by atoms with van der Waals surface area (Å²) in [7, 11) is 1.74. The molecule has 0 unspecified atom stereocenters. The van der Waals surface area contributed by atoms with Gasteiger partial charge < -0.3 is 10.2 Å². The minimum absolute atomic E-state index is 0.133. The molecule has 0 bridgehead atoms. The van der Waals surface area contributed by atoms with Gasteiger partial charge in [-0.3, -0.25) is 14.6 Å². The lowest BCUT2D eigenvalue weighted by Crippen LogP contribution is -2.41. The molecule has 1 aliphatic carbocycles. The lowest BCUT2D eigenvalue weighted by molar-refractivity contribution is -0.141. The van der Waals surface area contributed by atoms with Gasteiger partial charge in [-0.05, 0) is 49.1 Å². The first-order valence-electron chi connectivity index (χ1n) is 8.23. The SMILES string of the molecule is CN(CCc1ccncc1)C(=O)C1(C(=O)Nc2ccccc2Cl)CC1. The van der Waals surface area contributed by atoms with Crippen molar-refractivity contribution >= 4 is 29.1 Å². The lowest BCUT2D eigenvalue weighted by atomic mass is 10.0. The number of aromatic nitrogens is 1. The van der Waals surface area contributed by atoms with E-state index >= 15 is 0 Å². The molecule has 0 aliphatic heterocycles. The van der Waals surface area contributed by atoms with Crippen molar-refractivity contribution in [2.75, 3.05) is 18.9 Å². The first kappa shape index (κ1) is 17.4. The van der Waals surface area contributed by atoms with E-state index in [4.69, 9.17) is 11.6 Å². The van der Waals surface area contributed by atoms with Crippen molar-refractivity contribution in [2.24, 2.45) is 5.41 Å². The third kappa shape index (κ3) is 3.82. The number of carbonyl (C=O) groups excluding carboxylic acids is 2. The van der Waals surface area contributed by atoms with Gasteiger partial charge in [-0.2, -0.15) is 0 Å². The summed E-state index contributed by atoms with van der Waals surface area (Å²) in [5.74, 6) is -0.410. The maximum absolute atomic E-state index is 12.8. The van der Waals surface area contributed by atoms with Gasteiger partial charge in [0.15, 0.2) is 0 Å². The molecule has 1 saturated carbocycles. The molecule has 130 valence electrons. The maximum Gasteiger partial charge on any atom is 0.240 e. The van der Waals surface area contributed by atoms with Crippen LogP contribution in [-0.4, -0.2) is 35.3 Å². The van der Waals surface area contributed by atoms with Gasteiger partial charge in [-0.15, -0.1) is 0 Å². The van der Waals surface area contributed by atoms with Crippen molar-refractivity contribution in [3.63, 3.8) is 0 Å². The van der Waals surface area contributed by atoms with Crippen LogP contribution in [0.15, 0.2) is 48.8 Å². The van der Waals surface area contributed by atoms with Gasteiger partial charge in [0.25, 0.3) is 0 Å². The minimum Gasteiger partial charge on any atom is -0.344 e. The number of halogens is 1. The molecular weight excluding hydrogens is 338 g/mol. The van der Waals surface area contributed by atoms with E-state index in [1.807, 2.05) is 12.1 Å². The minimum atomic E-state index is -0.952. The summed E-state index contributed by atoms with van der Waals surface area (Å²) in [6, 6.07) is 10.9. The molecule has 0 spiro atoms. The molecule has 25 heavy (non-hydrogen) atoms. The number of carbonyl (C=O) groups is 2. The fourth-order valence-corrected chi connectivity index (χ4v) is 2.96. The summed E-state index contributed by atoms with van der Waals surface area (Å²) in [6.45, 7) is 0.559. The third-order valence-corrected chi connectivity index (χ3v) is 4.88. The highest BCUT2D eigenvalue weighted by Gasteiger charge is 2.57. The predicted molar refractivity (Wildman–Crippen MR) is 97.3 cm³/mol. The molecule has 0 atom stereocenters. The summed E-state index contributed by atoms with van der Waals surface area (Å²) in [4.78, 5) is 31.0. The highest BCUT2D eigenvalue weighted by atomic mass is 35.5. The van der Waals surface area contributed by atoms with Crippen LogP contribution in [0.1, 0.15) is 18.4 Å². The van der Waals surface area contributed by atoms with E-state index in [9.17, 15) is 9.59 Å². The number of likely N-dealkylation sites (N-methyl/N-ethyl adjacent to an activating group) is 1. The zero-order valence-corrected chi connectivity index (χ0v) is 14.8. The highest BCUT2D eigenvalue weighted by molar-refractivity contribution is 6.34. The first-order valence-corrected chi connectivity index (χ1v) is 8.61. The molecule has 5 nitrogen and oxygen atoms in total. The second-order valence-corrected chi connectivity index (χ2v) is 6.76. The van der Waals surface area contributed by atoms with Crippen molar-refractivity contribution in [1.29, 1.82) is 0 Å². The molecule has 6 heteroatoms. The first-order chi connectivity index (χ1) is 12.0. The van der Waals surface area contributed by atoms with E-state index in [0.717, 1.165) is 12.0 Å². The molecule has 0 radical (unpaired) electrons. The van der Waals surface area contributed by atoms with E-state index in [1.165, 1.54) is 0 Å². The van der Waals surface area contributed by atoms with E-state index in [1.54, 1.807) is 48.6 Å². The fraction of sp³-hybridized carbons (Fsp3) is 0.316. The largest absolute Gasteiger partial charge is 0.344 e. The number of amides is 2. The van der Waals surface area contributed by atoms with Crippen LogP contribution >= 0.6 is 11.6 Å². The van der Waals surface area contributed by atoms with Crippen LogP contribution < -0.4 is 5.32 Å². The Hall–Kier alpha value is -2.40. The van der Waals surface area contributed by atoms with Gasteiger partial charge in [-0.1, -0.05) is 23.7 Å². The van der Waals surface area contributed by atoms with Gasteiger partial charge in [0.05, 0.1) is 10.7 Å². The van der Waals surface area contributed by atoms with Crippen molar-refractivity contribution in [2.45, 2.75) is 19.3 Å². The van der Waals surface area contributed by atoms with E-state index in [0.29, 0.717) is 30.1 Å². The van der Waals surface area contributed by atoms with Crippen LogP contribution in [0.5, 0.6) is 0 Å². The van der Waals surface area contributed by atoms with Crippen molar-refractivity contribution in [3.8, 4) is 0 Å². The zero-order valence-electron chi connectivity index (χ0n) is 14.0. The van der Waals surface area contributed by atoms with E-state index in [-0.39, 0.29) is 11.8 Å². The molecule has 1 N–H and O–H groups in total. The number of benzene rings is 1. The highest BCUT2D eigenvalue weighted by Crippen LogP contribution is 2.48. The van der Waals surface area contributed by atoms with Gasteiger partial charge >= 0.3 is 0 Å². The average molecular weight is 358 g/mol. The van der Waals surface area contributed by atoms with E-state index < -0.39 is 5.41 Å². The Morgan fingerprint density at radius 2 is 1.88 bits per heavy atom. The quantitative estimate of drug-likeness (QED) is 0.808. The summed E-state index contributed by atoms with van der Waals surface area (Å²) in [6.07, 6.45) is 5.34. The van der Waals surface area contributed by atoms with Crippen LogP contribution in [0, 0.1) is 5.41 Å². The Bertz CT molecular complexity index is 775. The number of rotatable bonds is 6. The number of nitrogens with zero attached hydrogens (tertiary/aromatic N) is 2. The Balaban J connectivity index is 1.62. The molecule has 1 fully saturated rings. The summed E-state index contributed by atoms with van der Waals surface area (Å²) >= 11 is 6.08. The van der Waals surface area contributed by atoms with Crippen LogP contribution in [0.4, 0.5) is 5.69 Å². The number of hydrogen-bond acceptors (Lipinski definition) is 3. The Kier molecular flexibility index (Phi) is 5.04. The molecule has 2 amide bonds. The third-order valence-electron chi connectivity index (χ3n) is 4.55. The number of anilines is 1. The van der Waals surface area contributed by atoms with Gasteiger partial charge in [0.1, 0.15) is 5.41 Å². The van der Waals surface area contributed by atoms with Crippen molar-refractivity contribution < 1.29 is 9.59 Å². The molecule has 0 saturated heterocycles. The molecule has 3 rings (SSSR count). The number of pyridine rings is 1. The van der Waals surface area contributed by atoms with Gasteiger partial charge in [0, 0.05) is 26.0 Å². The smallest absolute Gasteiger partial charge is 0.240 e. The molecule has 1 heterocycles. The van der Waals surface area contributed by atoms with Crippen LogP contribution in [0.25, 0.3) is 0 Å². The van der Waals surface area contributed by atoms with Crippen LogP contribution in [0.2, 0.25) is 5.02 Å². The molecule has 1 aliphatic rings. The Labute approximate surface area is 152 Å². The van der Waals surface area contributed by atoms with Gasteiger partial charge in [0.2, 0.25) is 11.8 Å². The number of nitrogens with one attached hydrogen (secondary N) is 1. The maximum atomic E-state index is 12.8. The molecular formula is C19H20ClN3O2. The van der Waals surface area contributed by atoms with Gasteiger partial charge in [-0.25, -0.2) is 0 Å². The zero-order chi connectivity index (χ0) is 17.9. The lowest BCUT2D eigenvalue weighted by Gasteiger charge is -2.23. The average Bonchev–Trinajstić information content (AvgIpc) is 3.44.